The highest BCUT2D eigenvalue weighted by Gasteiger charge is 2.06. The second-order valence-electron chi connectivity index (χ2n) is 5.50. The summed E-state index contributed by atoms with van der Waals surface area (Å²) in [6, 6.07) is 16.9. The predicted molar refractivity (Wildman–Crippen MR) is 116 cm³/mol. The Kier molecular flexibility index (Phi) is 9.84. The lowest BCUT2D eigenvalue weighted by Gasteiger charge is -2.18. The molecule has 0 amide bonds. The molecule has 1 unspecified atom stereocenters. The molecule has 0 aliphatic rings. The molecule has 0 heterocycles. The molecule has 2 aromatic rings. The van der Waals surface area contributed by atoms with Crippen molar-refractivity contribution in [3.63, 3.8) is 0 Å². The van der Waals surface area contributed by atoms with Crippen molar-refractivity contribution in [2.75, 3.05) is 13.6 Å². The van der Waals surface area contributed by atoms with Crippen LogP contribution in [-0.4, -0.2) is 25.7 Å². The molecule has 0 bridgehead atoms. The molecule has 0 spiro atoms. The predicted octanol–water partition coefficient (Wildman–Crippen LogP) is 3.96. The number of aliphatic imine (C=N–C) groups is 1. The molecule has 1 atom stereocenters. The number of hydrogen-bond acceptors (Lipinski definition) is 3. The van der Waals surface area contributed by atoms with E-state index in [1.165, 1.54) is 0 Å². The quantitative estimate of drug-likeness (QED) is 0.370. The van der Waals surface area contributed by atoms with Gasteiger partial charge in [0.2, 0.25) is 0 Å². The summed E-state index contributed by atoms with van der Waals surface area (Å²) in [6.45, 7) is 3.16. The van der Waals surface area contributed by atoms with Crippen molar-refractivity contribution in [1.29, 1.82) is 5.26 Å². The highest BCUT2D eigenvalue weighted by molar-refractivity contribution is 14.0. The van der Waals surface area contributed by atoms with Crippen LogP contribution in [0.15, 0.2) is 53.5 Å². The molecule has 0 aliphatic carbocycles. The second-order valence-corrected chi connectivity index (χ2v) is 5.94. The van der Waals surface area contributed by atoms with Crippen molar-refractivity contribution in [1.82, 2.24) is 10.6 Å². The van der Waals surface area contributed by atoms with Crippen molar-refractivity contribution in [2.24, 2.45) is 4.99 Å². The summed E-state index contributed by atoms with van der Waals surface area (Å²) >= 11 is 5.86. The Morgan fingerprint density at radius 3 is 2.62 bits per heavy atom. The van der Waals surface area contributed by atoms with Gasteiger partial charge in [-0.1, -0.05) is 23.7 Å². The van der Waals surface area contributed by atoms with Gasteiger partial charge in [0.1, 0.15) is 11.9 Å². The Bertz CT molecular complexity index is 759. The Morgan fingerprint density at radius 2 is 1.96 bits per heavy atom. The van der Waals surface area contributed by atoms with E-state index in [9.17, 15) is 0 Å². The van der Waals surface area contributed by atoms with E-state index in [-0.39, 0.29) is 30.1 Å². The monoisotopic (exact) mass is 484 g/mol. The van der Waals surface area contributed by atoms with E-state index in [2.05, 4.69) is 21.7 Å². The zero-order valence-electron chi connectivity index (χ0n) is 14.7. The fraction of sp³-hybridized carbons (Fsp3) is 0.263. The van der Waals surface area contributed by atoms with Crippen LogP contribution in [0.5, 0.6) is 5.75 Å². The SMILES string of the molecule is CN=C(NCc1cccc(C#N)c1)NCC(C)Oc1ccc(Cl)cc1.I. The van der Waals surface area contributed by atoms with E-state index < -0.39 is 0 Å². The molecule has 138 valence electrons. The fourth-order valence-corrected chi connectivity index (χ4v) is 2.31. The summed E-state index contributed by atoms with van der Waals surface area (Å²) in [5, 5.41) is 16.1. The smallest absolute Gasteiger partial charge is 0.191 e. The third-order valence-electron chi connectivity index (χ3n) is 3.45. The lowest BCUT2D eigenvalue weighted by atomic mass is 10.1. The first-order chi connectivity index (χ1) is 12.1. The van der Waals surface area contributed by atoms with E-state index in [1.807, 2.05) is 37.3 Å². The number of guanidine groups is 1. The maximum Gasteiger partial charge on any atom is 0.191 e. The molecule has 26 heavy (non-hydrogen) atoms. The number of benzene rings is 2. The Labute approximate surface area is 176 Å². The number of hydrogen-bond donors (Lipinski definition) is 2. The second kappa shape index (κ2) is 11.6. The minimum absolute atomic E-state index is 0. The summed E-state index contributed by atoms with van der Waals surface area (Å²) < 4.78 is 5.82. The number of halogens is 2. The van der Waals surface area contributed by atoms with Gasteiger partial charge in [0.25, 0.3) is 0 Å². The van der Waals surface area contributed by atoms with Crippen LogP contribution in [0.25, 0.3) is 0 Å². The van der Waals surface area contributed by atoms with Crippen molar-refractivity contribution >= 4 is 41.5 Å². The van der Waals surface area contributed by atoms with Crippen molar-refractivity contribution in [3.05, 3.63) is 64.7 Å². The molecule has 0 aliphatic heterocycles. The van der Waals surface area contributed by atoms with Gasteiger partial charge < -0.3 is 15.4 Å². The number of rotatable bonds is 6. The van der Waals surface area contributed by atoms with Crippen LogP contribution in [0, 0.1) is 11.3 Å². The minimum Gasteiger partial charge on any atom is -0.489 e. The van der Waals surface area contributed by atoms with Gasteiger partial charge in [0, 0.05) is 18.6 Å². The lowest BCUT2D eigenvalue weighted by molar-refractivity contribution is 0.224. The van der Waals surface area contributed by atoms with E-state index in [0.717, 1.165) is 11.3 Å². The van der Waals surface area contributed by atoms with E-state index in [4.69, 9.17) is 21.6 Å². The van der Waals surface area contributed by atoms with Gasteiger partial charge in [-0.15, -0.1) is 24.0 Å². The molecule has 0 radical (unpaired) electrons. The van der Waals surface area contributed by atoms with Crippen molar-refractivity contribution < 1.29 is 4.74 Å². The Hall–Kier alpha value is -1.98. The van der Waals surface area contributed by atoms with Crippen LogP contribution in [-0.2, 0) is 6.54 Å². The van der Waals surface area contributed by atoms with Crippen molar-refractivity contribution in [2.45, 2.75) is 19.6 Å². The highest BCUT2D eigenvalue weighted by atomic mass is 127. The molecule has 0 saturated heterocycles. The summed E-state index contributed by atoms with van der Waals surface area (Å²) in [5.41, 5.74) is 1.67. The maximum atomic E-state index is 8.94. The molecule has 5 nitrogen and oxygen atoms in total. The first kappa shape index (κ1) is 22.1. The minimum atomic E-state index is -0.0401. The molecule has 2 rings (SSSR count). The first-order valence-corrected chi connectivity index (χ1v) is 8.34. The number of ether oxygens (including phenoxy) is 1. The molecule has 7 heteroatoms. The summed E-state index contributed by atoms with van der Waals surface area (Å²) in [4.78, 5) is 4.19. The Morgan fingerprint density at radius 1 is 1.23 bits per heavy atom. The van der Waals surface area contributed by atoms with Gasteiger partial charge in [-0.2, -0.15) is 5.26 Å². The third-order valence-corrected chi connectivity index (χ3v) is 3.70. The van der Waals surface area contributed by atoms with Gasteiger partial charge in [0.15, 0.2) is 5.96 Å². The summed E-state index contributed by atoms with van der Waals surface area (Å²) in [7, 11) is 1.71. The zero-order valence-corrected chi connectivity index (χ0v) is 17.8. The largest absolute Gasteiger partial charge is 0.489 e. The van der Waals surface area contributed by atoms with Gasteiger partial charge >= 0.3 is 0 Å². The number of nitrogens with one attached hydrogen (secondary N) is 2. The van der Waals surface area contributed by atoms with Crippen LogP contribution in [0.1, 0.15) is 18.1 Å². The Balaban J connectivity index is 0.00000338. The van der Waals surface area contributed by atoms with E-state index in [1.54, 1.807) is 25.2 Å². The lowest BCUT2D eigenvalue weighted by Crippen LogP contribution is -2.41. The molecule has 2 aromatic carbocycles. The molecule has 0 saturated carbocycles. The average Bonchev–Trinajstić information content (AvgIpc) is 2.64. The molecular weight excluding hydrogens is 463 g/mol. The van der Waals surface area contributed by atoms with Crippen LogP contribution in [0.4, 0.5) is 0 Å². The molecule has 0 fully saturated rings. The van der Waals surface area contributed by atoms with Crippen LogP contribution in [0.3, 0.4) is 0 Å². The number of nitriles is 1. The van der Waals surface area contributed by atoms with Crippen molar-refractivity contribution in [3.8, 4) is 11.8 Å². The average molecular weight is 485 g/mol. The van der Waals surface area contributed by atoms with Gasteiger partial charge in [-0.3, -0.25) is 4.99 Å². The first-order valence-electron chi connectivity index (χ1n) is 7.96. The standard InChI is InChI=1S/C19H21ClN4O.HI/c1-14(25-18-8-6-17(20)7-9-18)12-23-19(22-2)24-13-16-5-3-4-15(10-16)11-21;/h3-10,14H,12-13H2,1-2H3,(H2,22,23,24);1H. The number of nitrogens with zero attached hydrogens (tertiary/aromatic N) is 2. The van der Waals surface area contributed by atoms with Crippen LogP contribution >= 0.6 is 35.6 Å². The van der Waals surface area contributed by atoms with Gasteiger partial charge in [0.05, 0.1) is 18.2 Å². The third kappa shape index (κ3) is 7.50. The molecular formula is C19H22ClIN4O. The fourth-order valence-electron chi connectivity index (χ4n) is 2.18. The maximum absolute atomic E-state index is 8.94. The topological polar surface area (TPSA) is 69.4 Å². The van der Waals surface area contributed by atoms with E-state index >= 15 is 0 Å². The van der Waals surface area contributed by atoms with Gasteiger partial charge in [-0.25, -0.2) is 0 Å². The zero-order chi connectivity index (χ0) is 18.1. The summed E-state index contributed by atoms with van der Waals surface area (Å²) in [5.74, 6) is 1.45. The molecule has 0 aromatic heterocycles. The highest BCUT2D eigenvalue weighted by Crippen LogP contribution is 2.16. The van der Waals surface area contributed by atoms with Crippen LogP contribution in [0.2, 0.25) is 5.02 Å². The van der Waals surface area contributed by atoms with E-state index in [0.29, 0.717) is 29.6 Å². The summed E-state index contributed by atoms with van der Waals surface area (Å²) in [6.07, 6.45) is -0.0401. The van der Waals surface area contributed by atoms with Crippen LogP contribution < -0.4 is 15.4 Å². The normalized spacial score (nSPS) is 11.7. The van der Waals surface area contributed by atoms with Gasteiger partial charge in [-0.05, 0) is 48.9 Å². The molecule has 2 N–H and O–H groups in total.